The number of nitrogens with one attached hydrogen (secondary N) is 1. The molecule has 1 aliphatic rings. The van der Waals surface area contributed by atoms with Crippen LogP contribution in [0, 0.1) is 0 Å². The van der Waals surface area contributed by atoms with Gasteiger partial charge < -0.3 is 25.4 Å². The number of ether oxygens (including phenoxy) is 1. The highest BCUT2D eigenvalue weighted by Crippen LogP contribution is 2.32. The van der Waals surface area contributed by atoms with E-state index in [1.54, 1.807) is 4.57 Å². The van der Waals surface area contributed by atoms with Crippen LogP contribution in [0.2, 0.25) is 0 Å². The molecule has 5 unspecified atom stereocenters. The molecule has 148 valence electrons. The summed E-state index contributed by atoms with van der Waals surface area (Å²) in [5, 5.41) is 33.0. The van der Waals surface area contributed by atoms with E-state index in [0.29, 0.717) is 17.0 Å². The highest BCUT2D eigenvalue weighted by atomic mass is 16.6. The van der Waals surface area contributed by atoms with Gasteiger partial charge in [0.2, 0.25) is 0 Å². The molecule has 9 heteroatoms. The Balaban J connectivity index is 1.66. The number of benzene rings is 1. The van der Waals surface area contributed by atoms with E-state index in [4.69, 9.17) is 4.74 Å². The SMILES string of the molecule is CCC(Nc1ncnc2c1ncn2C1OC(CO)C(O)C1O)c1ccccc1. The highest BCUT2D eigenvalue weighted by Gasteiger charge is 2.44. The zero-order valence-electron chi connectivity index (χ0n) is 15.4. The number of aliphatic hydroxyl groups is 3. The topological polar surface area (TPSA) is 126 Å². The first-order valence-electron chi connectivity index (χ1n) is 9.25. The molecule has 5 atom stereocenters. The van der Waals surface area contributed by atoms with Gasteiger partial charge in [0, 0.05) is 0 Å². The maximum Gasteiger partial charge on any atom is 0.167 e. The fourth-order valence-corrected chi connectivity index (χ4v) is 3.53. The molecular weight excluding hydrogens is 362 g/mol. The number of hydrogen-bond donors (Lipinski definition) is 4. The van der Waals surface area contributed by atoms with Crippen LogP contribution >= 0.6 is 0 Å². The monoisotopic (exact) mass is 385 g/mol. The van der Waals surface area contributed by atoms with Crippen LogP contribution in [0.1, 0.15) is 31.2 Å². The van der Waals surface area contributed by atoms with Crippen LogP contribution in [-0.2, 0) is 4.74 Å². The first-order chi connectivity index (χ1) is 13.6. The predicted molar refractivity (Wildman–Crippen MR) is 101 cm³/mol. The molecule has 3 heterocycles. The Kier molecular flexibility index (Phi) is 5.23. The zero-order valence-corrected chi connectivity index (χ0v) is 15.4. The summed E-state index contributed by atoms with van der Waals surface area (Å²) < 4.78 is 7.14. The Morgan fingerprint density at radius 2 is 1.93 bits per heavy atom. The van der Waals surface area contributed by atoms with Crippen molar-refractivity contribution >= 4 is 17.0 Å². The van der Waals surface area contributed by atoms with E-state index < -0.39 is 31.1 Å². The Labute approximate surface area is 161 Å². The summed E-state index contributed by atoms with van der Waals surface area (Å²) in [5.41, 5.74) is 2.14. The third-order valence-corrected chi connectivity index (χ3v) is 5.07. The van der Waals surface area contributed by atoms with E-state index in [2.05, 4.69) is 39.3 Å². The molecule has 4 rings (SSSR count). The van der Waals surface area contributed by atoms with Crippen molar-refractivity contribution in [3.05, 3.63) is 48.5 Å². The molecule has 1 aliphatic heterocycles. The Morgan fingerprint density at radius 3 is 2.61 bits per heavy atom. The maximum atomic E-state index is 10.3. The third-order valence-electron chi connectivity index (χ3n) is 5.07. The van der Waals surface area contributed by atoms with Crippen LogP contribution in [0.4, 0.5) is 5.82 Å². The molecule has 0 radical (unpaired) electrons. The molecule has 0 saturated carbocycles. The number of hydrogen-bond acceptors (Lipinski definition) is 8. The zero-order chi connectivity index (χ0) is 19.7. The fourth-order valence-electron chi connectivity index (χ4n) is 3.53. The molecule has 4 N–H and O–H groups in total. The lowest BCUT2D eigenvalue weighted by molar-refractivity contribution is -0.0511. The average Bonchev–Trinajstić information content (AvgIpc) is 3.28. The number of aromatic nitrogens is 4. The minimum Gasteiger partial charge on any atom is -0.394 e. The maximum absolute atomic E-state index is 10.3. The molecule has 1 saturated heterocycles. The van der Waals surface area contributed by atoms with Crippen molar-refractivity contribution in [2.75, 3.05) is 11.9 Å². The van der Waals surface area contributed by atoms with E-state index in [-0.39, 0.29) is 6.04 Å². The van der Waals surface area contributed by atoms with Crippen molar-refractivity contribution in [1.29, 1.82) is 0 Å². The predicted octanol–water partition coefficient (Wildman–Crippen LogP) is 1.00. The summed E-state index contributed by atoms with van der Waals surface area (Å²) in [6.07, 6.45) is -0.375. The number of nitrogens with zero attached hydrogens (tertiary/aromatic N) is 4. The summed E-state index contributed by atoms with van der Waals surface area (Å²) in [6, 6.07) is 10.1. The lowest BCUT2D eigenvalue weighted by Gasteiger charge is -2.19. The van der Waals surface area contributed by atoms with E-state index in [1.807, 2.05) is 18.2 Å². The van der Waals surface area contributed by atoms with Gasteiger partial charge in [0.1, 0.15) is 24.6 Å². The molecule has 0 spiro atoms. The molecule has 1 fully saturated rings. The molecule has 28 heavy (non-hydrogen) atoms. The van der Waals surface area contributed by atoms with E-state index in [1.165, 1.54) is 12.7 Å². The second-order valence-electron chi connectivity index (χ2n) is 6.79. The van der Waals surface area contributed by atoms with Gasteiger partial charge in [-0.1, -0.05) is 37.3 Å². The van der Waals surface area contributed by atoms with Gasteiger partial charge in [-0.3, -0.25) is 4.57 Å². The number of imidazole rings is 1. The summed E-state index contributed by atoms with van der Waals surface area (Å²) >= 11 is 0. The normalized spacial score (nSPS) is 25.9. The highest BCUT2D eigenvalue weighted by molar-refractivity contribution is 5.83. The van der Waals surface area contributed by atoms with Crippen LogP contribution in [0.25, 0.3) is 11.2 Å². The van der Waals surface area contributed by atoms with Crippen LogP contribution < -0.4 is 5.32 Å². The van der Waals surface area contributed by atoms with Gasteiger partial charge in [-0.15, -0.1) is 0 Å². The Morgan fingerprint density at radius 1 is 1.14 bits per heavy atom. The van der Waals surface area contributed by atoms with Crippen LogP contribution in [0.5, 0.6) is 0 Å². The minimum atomic E-state index is -1.20. The first-order valence-corrected chi connectivity index (χ1v) is 9.25. The van der Waals surface area contributed by atoms with Gasteiger partial charge in [0.05, 0.1) is 19.0 Å². The van der Waals surface area contributed by atoms with Gasteiger partial charge in [-0.05, 0) is 12.0 Å². The number of fused-ring (bicyclic) bond motifs is 1. The summed E-state index contributed by atoms with van der Waals surface area (Å²) in [5.74, 6) is 0.575. The van der Waals surface area contributed by atoms with E-state index in [9.17, 15) is 15.3 Å². The average molecular weight is 385 g/mol. The van der Waals surface area contributed by atoms with Crippen LogP contribution in [-0.4, -0.2) is 59.8 Å². The quantitative estimate of drug-likeness (QED) is 0.495. The number of aliphatic hydroxyl groups excluding tert-OH is 3. The third kappa shape index (κ3) is 3.22. The standard InChI is InChI=1S/C19H23N5O4/c1-2-12(11-6-4-3-5-7-11)23-17-14-18(21-9-20-17)24(10-22-14)19-16(27)15(26)13(8-25)28-19/h3-7,9-10,12-13,15-16,19,25-27H,2,8H2,1H3,(H,20,21,23). The fraction of sp³-hybridized carbons (Fsp3) is 0.421. The molecule has 3 aromatic rings. The van der Waals surface area contributed by atoms with E-state index >= 15 is 0 Å². The van der Waals surface area contributed by atoms with Gasteiger partial charge >= 0.3 is 0 Å². The molecule has 0 amide bonds. The summed E-state index contributed by atoms with van der Waals surface area (Å²) in [7, 11) is 0. The van der Waals surface area contributed by atoms with Gasteiger partial charge in [0.15, 0.2) is 23.2 Å². The van der Waals surface area contributed by atoms with Crippen molar-refractivity contribution in [2.45, 2.75) is 43.9 Å². The van der Waals surface area contributed by atoms with Crippen molar-refractivity contribution in [2.24, 2.45) is 0 Å². The lowest BCUT2D eigenvalue weighted by Crippen LogP contribution is -2.33. The van der Waals surface area contributed by atoms with Gasteiger partial charge in [-0.25, -0.2) is 15.0 Å². The first kappa shape index (κ1) is 18.8. The second-order valence-corrected chi connectivity index (χ2v) is 6.79. The molecule has 0 bridgehead atoms. The smallest absolute Gasteiger partial charge is 0.167 e. The molecule has 0 aliphatic carbocycles. The number of anilines is 1. The van der Waals surface area contributed by atoms with Crippen molar-refractivity contribution in [1.82, 2.24) is 19.5 Å². The lowest BCUT2D eigenvalue weighted by atomic mass is 10.0. The van der Waals surface area contributed by atoms with Crippen molar-refractivity contribution in [3.63, 3.8) is 0 Å². The van der Waals surface area contributed by atoms with Crippen molar-refractivity contribution < 1.29 is 20.1 Å². The number of rotatable bonds is 6. The summed E-state index contributed by atoms with van der Waals surface area (Å²) in [6.45, 7) is 1.69. The molecule has 9 nitrogen and oxygen atoms in total. The van der Waals surface area contributed by atoms with Gasteiger partial charge in [-0.2, -0.15) is 0 Å². The summed E-state index contributed by atoms with van der Waals surface area (Å²) in [4.78, 5) is 13.0. The largest absolute Gasteiger partial charge is 0.394 e. The van der Waals surface area contributed by atoms with Crippen LogP contribution in [0.15, 0.2) is 43.0 Å². The Hall–Kier alpha value is -2.59. The minimum absolute atomic E-state index is 0.0540. The van der Waals surface area contributed by atoms with Gasteiger partial charge in [0.25, 0.3) is 0 Å². The van der Waals surface area contributed by atoms with E-state index in [0.717, 1.165) is 12.0 Å². The van der Waals surface area contributed by atoms with Crippen molar-refractivity contribution in [3.8, 4) is 0 Å². The van der Waals surface area contributed by atoms with Crippen LogP contribution in [0.3, 0.4) is 0 Å². The molecule has 2 aromatic heterocycles. The Bertz CT molecular complexity index is 934. The molecular formula is C19H23N5O4. The molecule has 1 aromatic carbocycles. The second kappa shape index (κ2) is 7.80.